The number of hydrogen-bond donors (Lipinski definition) is 0. The summed E-state index contributed by atoms with van der Waals surface area (Å²) in [5.74, 6) is 0.852. The van der Waals surface area contributed by atoms with Gasteiger partial charge in [-0.15, -0.1) is 0 Å². The number of ether oxygens (including phenoxy) is 1. The highest BCUT2D eigenvalue weighted by Gasteiger charge is 2.28. The molecule has 0 aliphatic carbocycles. The third-order valence-electron chi connectivity index (χ3n) is 5.33. The van der Waals surface area contributed by atoms with Gasteiger partial charge in [0.2, 0.25) is 0 Å². The van der Waals surface area contributed by atoms with Crippen molar-refractivity contribution in [3.05, 3.63) is 71.9 Å². The second kappa shape index (κ2) is 7.78. The minimum absolute atomic E-state index is 0.0171. The van der Waals surface area contributed by atoms with Crippen LogP contribution in [0.3, 0.4) is 0 Å². The molecule has 3 aromatic rings. The molecule has 0 bridgehead atoms. The number of nitrogens with zero attached hydrogens (tertiary/aromatic N) is 2. The summed E-state index contributed by atoms with van der Waals surface area (Å²) in [7, 11) is 1.67. The zero-order valence-electron chi connectivity index (χ0n) is 15.6. The van der Waals surface area contributed by atoms with Crippen LogP contribution in [0.15, 0.2) is 60.7 Å². The van der Waals surface area contributed by atoms with Crippen molar-refractivity contribution >= 4 is 16.8 Å². The summed E-state index contributed by atoms with van der Waals surface area (Å²) in [6.07, 6.45) is 4.30. The first-order valence-corrected chi connectivity index (χ1v) is 9.57. The number of fused-ring (bicyclic) bond motifs is 1. The highest BCUT2D eigenvalue weighted by molar-refractivity contribution is 5.95. The van der Waals surface area contributed by atoms with Gasteiger partial charge in [-0.25, -0.2) is 4.98 Å². The lowest BCUT2D eigenvalue weighted by Crippen LogP contribution is -2.35. The predicted molar refractivity (Wildman–Crippen MR) is 107 cm³/mol. The second-order valence-electron chi connectivity index (χ2n) is 7.03. The fraction of sp³-hybridized carbons (Fsp3) is 0.304. The molecule has 1 unspecified atom stereocenters. The van der Waals surface area contributed by atoms with Crippen LogP contribution in [-0.2, 0) is 0 Å². The minimum atomic E-state index is 0.0171. The van der Waals surface area contributed by atoms with Crippen LogP contribution in [0, 0.1) is 0 Å². The van der Waals surface area contributed by atoms with Crippen LogP contribution in [0.1, 0.15) is 47.8 Å². The van der Waals surface area contributed by atoms with Crippen molar-refractivity contribution in [3.8, 4) is 5.75 Å². The fourth-order valence-electron chi connectivity index (χ4n) is 3.86. The summed E-state index contributed by atoms with van der Waals surface area (Å²) >= 11 is 0. The van der Waals surface area contributed by atoms with E-state index in [-0.39, 0.29) is 11.9 Å². The Morgan fingerprint density at radius 3 is 2.63 bits per heavy atom. The Labute approximate surface area is 159 Å². The number of methoxy groups -OCH3 is 1. The number of amides is 1. The molecule has 2 heterocycles. The van der Waals surface area contributed by atoms with E-state index < -0.39 is 0 Å². The van der Waals surface area contributed by atoms with Crippen molar-refractivity contribution in [1.29, 1.82) is 0 Å². The predicted octanol–water partition coefficient (Wildman–Crippen LogP) is 5.00. The maximum Gasteiger partial charge on any atom is 0.272 e. The topological polar surface area (TPSA) is 42.4 Å². The SMILES string of the molecule is COc1ccc(C2CCCCCN2C(=O)c2ccc3ccccc3n2)cc1. The fourth-order valence-corrected chi connectivity index (χ4v) is 3.86. The molecule has 4 heteroatoms. The van der Waals surface area contributed by atoms with E-state index in [9.17, 15) is 4.79 Å². The van der Waals surface area contributed by atoms with E-state index in [2.05, 4.69) is 17.1 Å². The molecular weight excluding hydrogens is 336 g/mol. The molecule has 0 radical (unpaired) electrons. The number of likely N-dealkylation sites (tertiary alicyclic amines) is 1. The Bertz CT molecular complexity index is 937. The number of pyridine rings is 1. The van der Waals surface area contributed by atoms with E-state index in [0.717, 1.165) is 54.4 Å². The van der Waals surface area contributed by atoms with Gasteiger partial charge in [-0.3, -0.25) is 4.79 Å². The van der Waals surface area contributed by atoms with Gasteiger partial charge in [0.05, 0.1) is 18.7 Å². The van der Waals surface area contributed by atoms with Gasteiger partial charge in [0.25, 0.3) is 5.91 Å². The van der Waals surface area contributed by atoms with Gasteiger partial charge < -0.3 is 9.64 Å². The average molecular weight is 360 g/mol. The summed E-state index contributed by atoms with van der Waals surface area (Å²) in [6.45, 7) is 0.768. The van der Waals surface area contributed by atoms with Crippen LogP contribution in [0.5, 0.6) is 5.75 Å². The van der Waals surface area contributed by atoms with Gasteiger partial charge >= 0.3 is 0 Å². The minimum Gasteiger partial charge on any atom is -0.497 e. The van der Waals surface area contributed by atoms with Crippen LogP contribution in [0.4, 0.5) is 0 Å². The molecule has 0 spiro atoms. The van der Waals surface area contributed by atoms with Crippen molar-refractivity contribution < 1.29 is 9.53 Å². The zero-order chi connectivity index (χ0) is 18.6. The lowest BCUT2D eigenvalue weighted by Gasteiger charge is -2.30. The first-order chi connectivity index (χ1) is 13.3. The molecule has 1 saturated heterocycles. The number of carbonyl (C=O) groups excluding carboxylic acids is 1. The molecule has 1 aliphatic rings. The van der Waals surface area contributed by atoms with Crippen LogP contribution in [-0.4, -0.2) is 29.4 Å². The quantitative estimate of drug-likeness (QED) is 0.660. The van der Waals surface area contributed by atoms with Crippen molar-refractivity contribution in [2.75, 3.05) is 13.7 Å². The molecule has 1 fully saturated rings. The number of aromatic nitrogens is 1. The molecule has 1 aromatic heterocycles. The molecule has 1 aliphatic heterocycles. The maximum atomic E-state index is 13.3. The van der Waals surface area contributed by atoms with Crippen molar-refractivity contribution in [1.82, 2.24) is 9.88 Å². The lowest BCUT2D eigenvalue weighted by molar-refractivity contribution is 0.0675. The van der Waals surface area contributed by atoms with Gasteiger partial charge in [0.15, 0.2) is 0 Å². The molecule has 27 heavy (non-hydrogen) atoms. The average Bonchev–Trinajstić information content (AvgIpc) is 2.99. The molecule has 2 aromatic carbocycles. The normalized spacial score (nSPS) is 17.5. The summed E-state index contributed by atoms with van der Waals surface area (Å²) in [5, 5.41) is 1.05. The van der Waals surface area contributed by atoms with E-state index >= 15 is 0 Å². The number of hydrogen-bond acceptors (Lipinski definition) is 3. The lowest BCUT2D eigenvalue weighted by atomic mass is 10.00. The maximum absolute atomic E-state index is 13.3. The smallest absolute Gasteiger partial charge is 0.272 e. The largest absolute Gasteiger partial charge is 0.497 e. The summed E-state index contributed by atoms with van der Waals surface area (Å²) in [5.41, 5.74) is 2.54. The number of rotatable bonds is 3. The van der Waals surface area contributed by atoms with Gasteiger partial charge in [-0.2, -0.15) is 0 Å². The Hall–Kier alpha value is -2.88. The van der Waals surface area contributed by atoms with Crippen LogP contribution in [0.25, 0.3) is 10.9 Å². The monoisotopic (exact) mass is 360 g/mol. The molecule has 1 atom stereocenters. The van der Waals surface area contributed by atoms with Crippen molar-refractivity contribution in [2.24, 2.45) is 0 Å². The second-order valence-corrected chi connectivity index (χ2v) is 7.03. The highest BCUT2D eigenvalue weighted by Crippen LogP contribution is 2.32. The summed E-state index contributed by atoms with van der Waals surface area (Å²) in [4.78, 5) is 20.0. The van der Waals surface area contributed by atoms with Gasteiger partial charge in [0.1, 0.15) is 11.4 Å². The summed E-state index contributed by atoms with van der Waals surface area (Å²) in [6, 6.07) is 19.9. The van der Waals surface area contributed by atoms with E-state index in [1.807, 2.05) is 53.4 Å². The van der Waals surface area contributed by atoms with Gasteiger partial charge in [0, 0.05) is 11.9 Å². The molecule has 4 nitrogen and oxygen atoms in total. The summed E-state index contributed by atoms with van der Waals surface area (Å²) < 4.78 is 5.28. The number of benzene rings is 2. The first-order valence-electron chi connectivity index (χ1n) is 9.57. The third kappa shape index (κ3) is 3.65. The molecule has 4 rings (SSSR count). The van der Waals surface area contributed by atoms with Gasteiger partial charge in [-0.1, -0.05) is 49.2 Å². The number of para-hydroxylation sites is 1. The molecule has 0 saturated carbocycles. The van der Waals surface area contributed by atoms with E-state index in [4.69, 9.17) is 4.74 Å². The van der Waals surface area contributed by atoms with E-state index in [1.54, 1.807) is 7.11 Å². The Balaban J connectivity index is 1.67. The Morgan fingerprint density at radius 2 is 1.81 bits per heavy atom. The Morgan fingerprint density at radius 1 is 1.00 bits per heavy atom. The first kappa shape index (κ1) is 17.5. The Kier molecular flexibility index (Phi) is 5.05. The van der Waals surface area contributed by atoms with Crippen molar-refractivity contribution in [2.45, 2.75) is 31.7 Å². The highest BCUT2D eigenvalue weighted by atomic mass is 16.5. The van der Waals surface area contributed by atoms with Gasteiger partial charge in [-0.05, 0) is 42.7 Å². The zero-order valence-corrected chi connectivity index (χ0v) is 15.6. The van der Waals surface area contributed by atoms with E-state index in [0.29, 0.717) is 5.69 Å². The number of carbonyl (C=O) groups is 1. The van der Waals surface area contributed by atoms with Crippen LogP contribution >= 0.6 is 0 Å². The van der Waals surface area contributed by atoms with Crippen LogP contribution in [0.2, 0.25) is 0 Å². The standard InChI is InChI=1S/C23H24N2O2/c1-27-19-13-10-18(11-14-19)22-9-3-2-6-16-25(22)23(26)21-15-12-17-7-4-5-8-20(17)24-21/h4-5,7-8,10-15,22H,2-3,6,9,16H2,1H3. The molecule has 138 valence electrons. The third-order valence-corrected chi connectivity index (χ3v) is 5.33. The molecule has 0 N–H and O–H groups in total. The van der Waals surface area contributed by atoms with Crippen molar-refractivity contribution in [3.63, 3.8) is 0 Å². The molecule has 1 amide bonds. The van der Waals surface area contributed by atoms with E-state index in [1.165, 1.54) is 0 Å². The molecular formula is C23H24N2O2. The van der Waals surface area contributed by atoms with Crippen LogP contribution < -0.4 is 4.74 Å².